The number of aromatic nitrogens is 4. The molecule has 0 radical (unpaired) electrons. The molecule has 2 rings (SSSR count). The lowest BCUT2D eigenvalue weighted by molar-refractivity contribution is -0.331. The van der Waals surface area contributed by atoms with Crippen molar-refractivity contribution < 1.29 is 37.6 Å². The van der Waals surface area contributed by atoms with Crippen molar-refractivity contribution in [1.29, 1.82) is 0 Å². The normalized spacial score (nSPS) is 15.7. The topological polar surface area (TPSA) is 118 Å². The highest BCUT2D eigenvalue weighted by Crippen LogP contribution is 2.39. The van der Waals surface area contributed by atoms with E-state index in [1.54, 1.807) is 13.1 Å². The number of halogens is 3. The fraction of sp³-hybridized carbons (Fsp3) is 0.727. The molecular formula is C22H37ClF2N4O6Si2. The third-order valence-corrected chi connectivity index (χ3v) is 15.5. The standard InChI is InChI=1S/C22H37ClF2N4O6Si2/c1-20(2,3)36(7,8)34-32-11-14(30)16(33-35-37(9,10)21(4,5)6)22(24,25)19(31)29-13-28-15-17(23)26-12-27-18(15)29/h12-14,16,30H,11H2,1-10H3/t14-,16-/m1/s1. The zero-order chi connectivity index (χ0) is 28.6. The fourth-order valence-corrected chi connectivity index (χ4v) is 3.75. The second-order valence-electron chi connectivity index (χ2n) is 11.9. The summed E-state index contributed by atoms with van der Waals surface area (Å²) in [5.74, 6) is -6.05. The van der Waals surface area contributed by atoms with Crippen LogP contribution in [0.4, 0.5) is 8.78 Å². The average Bonchev–Trinajstić information content (AvgIpc) is 3.16. The van der Waals surface area contributed by atoms with E-state index in [1.165, 1.54) is 0 Å². The maximum absolute atomic E-state index is 15.7. The van der Waals surface area contributed by atoms with Gasteiger partial charge in [0.25, 0.3) is 0 Å². The van der Waals surface area contributed by atoms with Crippen LogP contribution in [0, 0.1) is 0 Å². The van der Waals surface area contributed by atoms with Gasteiger partial charge in [0.05, 0.1) is 0 Å². The largest absolute Gasteiger partial charge is 0.387 e. The first-order chi connectivity index (χ1) is 16.6. The van der Waals surface area contributed by atoms with Crippen molar-refractivity contribution in [3.8, 4) is 0 Å². The SMILES string of the molecule is CC(C)(C)[Si](C)(C)OOC[C@@H](O)[C@@H](OO[Si](C)(C)C(C)(C)C)C(F)(F)C(=O)n1cnc2c(Cl)ncnc21. The summed E-state index contributed by atoms with van der Waals surface area (Å²) in [5, 5.41) is 10.0. The first-order valence-corrected chi connectivity index (χ1v) is 17.9. The number of hydrogen-bond acceptors (Lipinski definition) is 9. The Kier molecular flexibility index (Phi) is 9.46. The molecule has 0 amide bonds. The van der Waals surface area contributed by atoms with Gasteiger partial charge in [0.2, 0.25) is 16.6 Å². The van der Waals surface area contributed by atoms with Crippen LogP contribution in [-0.4, -0.2) is 71.9 Å². The summed E-state index contributed by atoms with van der Waals surface area (Å²) in [6.07, 6.45) is -2.56. The Bertz CT molecular complexity index is 1110. The number of imidazole rings is 1. The molecule has 0 spiro atoms. The summed E-state index contributed by atoms with van der Waals surface area (Å²) in [6, 6.07) is 0. The van der Waals surface area contributed by atoms with E-state index < -0.39 is 52.3 Å². The molecule has 0 aromatic carbocycles. The van der Waals surface area contributed by atoms with Gasteiger partial charge in [-0.2, -0.15) is 8.78 Å². The molecule has 2 atom stereocenters. The summed E-state index contributed by atoms with van der Waals surface area (Å²) < 4.78 is 43.1. The highest BCUT2D eigenvalue weighted by Gasteiger charge is 2.55. The molecule has 0 bridgehead atoms. The molecule has 1 N–H and O–H groups in total. The summed E-state index contributed by atoms with van der Waals surface area (Å²) >= 11 is 5.94. The summed E-state index contributed by atoms with van der Waals surface area (Å²) in [5.41, 5.74) is -0.254. The van der Waals surface area contributed by atoms with Gasteiger partial charge in [0, 0.05) is 0 Å². The molecule has 2 aromatic heterocycles. The van der Waals surface area contributed by atoms with Gasteiger partial charge >= 0.3 is 11.8 Å². The van der Waals surface area contributed by atoms with E-state index in [9.17, 15) is 9.90 Å². The number of aliphatic hydroxyl groups excluding tert-OH is 1. The van der Waals surface area contributed by atoms with E-state index in [4.69, 9.17) is 30.5 Å². The van der Waals surface area contributed by atoms with Gasteiger partial charge in [-0.25, -0.2) is 29.3 Å². The molecule has 0 unspecified atom stereocenters. The molecule has 0 aliphatic rings. The Balaban J connectivity index is 2.36. The Labute approximate surface area is 222 Å². The minimum Gasteiger partial charge on any atom is -0.387 e. The molecule has 0 saturated carbocycles. The second-order valence-corrected chi connectivity index (χ2v) is 21.7. The van der Waals surface area contributed by atoms with Crippen molar-refractivity contribution in [2.75, 3.05) is 6.61 Å². The lowest BCUT2D eigenvalue weighted by Crippen LogP contribution is -2.55. The lowest BCUT2D eigenvalue weighted by atomic mass is 10.1. The van der Waals surface area contributed by atoms with Gasteiger partial charge in [0.1, 0.15) is 30.9 Å². The highest BCUT2D eigenvalue weighted by molar-refractivity contribution is 6.74. The molecule has 210 valence electrons. The summed E-state index contributed by atoms with van der Waals surface area (Å²) in [7, 11) is -5.15. The Morgan fingerprint density at radius 1 is 1.03 bits per heavy atom. The van der Waals surface area contributed by atoms with Crippen LogP contribution in [0.15, 0.2) is 12.7 Å². The van der Waals surface area contributed by atoms with Gasteiger partial charge in [-0.3, -0.25) is 13.9 Å². The van der Waals surface area contributed by atoms with Crippen LogP contribution in [-0.2, 0) is 18.9 Å². The zero-order valence-corrected chi connectivity index (χ0v) is 25.7. The van der Waals surface area contributed by atoms with Crippen LogP contribution in [0.3, 0.4) is 0 Å². The number of fused-ring (bicyclic) bond motifs is 1. The molecule has 2 heterocycles. The predicted octanol–water partition coefficient (Wildman–Crippen LogP) is 5.39. The van der Waals surface area contributed by atoms with Gasteiger partial charge in [-0.1, -0.05) is 53.1 Å². The Morgan fingerprint density at radius 2 is 1.57 bits per heavy atom. The van der Waals surface area contributed by atoms with Crippen molar-refractivity contribution in [1.82, 2.24) is 19.5 Å². The molecule has 0 aliphatic heterocycles. The van der Waals surface area contributed by atoms with Crippen LogP contribution in [0.5, 0.6) is 0 Å². The van der Waals surface area contributed by atoms with Crippen LogP contribution in [0.25, 0.3) is 11.2 Å². The number of carbonyl (C=O) groups excluding carboxylic acids is 1. The monoisotopic (exact) mass is 582 g/mol. The van der Waals surface area contributed by atoms with Gasteiger partial charge in [-0.15, -0.1) is 0 Å². The van der Waals surface area contributed by atoms with Crippen molar-refractivity contribution in [2.24, 2.45) is 0 Å². The van der Waals surface area contributed by atoms with E-state index in [-0.39, 0.29) is 21.4 Å². The summed E-state index contributed by atoms with van der Waals surface area (Å²) in [6.45, 7) is 18.2. The van der Waals surface area contributed by atoms with Crippen molar-refractivity contribution in [3.63, 3.8) is 0 Å². The maximum Gasteiger partial charge on any atom is 0.356 e. The molecule has 0 fully saturated rings. The summed E-state index contributed by atoms with van der Waals surface area (Å²) in [4.78, 5) is 34.9. The number of alkyl halides is 2. The first-order valence-electron chi connectivity index (χ1n) is 11.7. The van der Waals surface area contributed by atoms with E-state index in [2.05, 4.69) is 15.0 Å². The predicted molar refractivity (Wildman–Crippen MR) is 139 cm³/mol. The van der Waals surface area contributed by atoms with Crippen molar-refractivity contribution in [2.45, 2.75) is 95.9 Å². The van der Waals surface area contributed by atoms with Crippen molar-refractivity contribution in [3.05, 3.63) is 17.8 Å². The minimum absolute atomic E-state index is 0.0324. The Morgan fingerprint density at radius 3 is 2.11 bits per heavy atom. The van der Waals surface area contributed by atoms with Crippen LogP contribution < -0.4 is 0 Å². The van der Waals surface area contributed by atoms with E-state index in [0.717, 1.165) is 12.7 Å². The van der Waals surface area contributed by atoms with Gasteiger partial charge < -0.3 is 5.11 Å². The number of hydrogen-bond donors (Lipinski definition) is 1. The fourth-order valence-electron chi connectivity index (χ4n) is 2.36. The number of nitrogens with zero attached hydrogens (tertiary/aromatic N) is 4. The maximum atomic E-state index is 15.7. The van der Waals surface area contributed by atoms with E-state index in [0.29, 0.717) is 4.57 Å². The Hall–Kier alpha value is -1.40. The minimum atomic E-state index is -4.30. The third kappa shape index (κ3) is 6.98. The van der Waals surface area contributed by atoms with Gasteiger partial charge in [0.15, 0.2) is 16.9 Å². The third-order valence-electron chi connectivity index (χ3n) is 6.98. The zero-order valence-electron chi connectivity index (χ0n) is 22.9. The molecule has 37 heavy (non-hydrogen) atoms. The molecule has 2 aromatic rings. The van der Waals surface area contributed by atoms with Crippen LogP contribution >= 0.6 is 11.6 Å². The smallest absolute Gasteiger partial charge is 0.356 e. The quantitative estimate of drug-likeness (QED) is 0.170. The van der Waals surface area contributed by atoms with E-state index in [1.807, 2.05) is 54.6 Å². The van der Waals surface area contributed by atoms with Crippen LogP contribution in [0.1, 0.15) is 46.3 Å². The molecule has 0 saturated heterocycles. The van der Waals surface area contributed by atoms with Gasteiger partial charge in [-0.05, 0) is 36.3 Å². The lowest BCUT2D eigenvalue weighted by Gasteiger charge is -2.38. The molecular weight excluding hydrogens is 546 g/mol. The molecule has 0 aliphatic carbocycles. The van der Waals surface area contributed by atoms with E-state index >= 15 is 8.78 Å². The highest BCUT2D eigenvalue weighted by atomic mass is 35.5. The molecule has 15 heteroatoms. The molecule has 10 nitrogen and oxygen atoms in total. The van der Waals surface area contributed by atoms with Crippen LogP contribution in [0.2, 0.25) is 41.4 Å². The number of carbonyl (C=O) groups is 1. The number of aliphatic hydroxyl groups is 1. The second kappa shape index (κ2) is 11.0. The number of rotatable bonds is 10. The average molecular weight is 583 g/mol. The van der Waals surface area contributed by atoms with Crippen molar-refractivity contribution >= 4 is 45.3 Å². The first kappa shape index (κ1) is 31.8.